The van der Waals surface area contributed by atoms with Gasteiger partial charge in [0.25, 0.3) is 10.0 Å². The molecule has 0 atom stereocenters. The van der Waals surface area contributed by atoms with Crippen molar-refractivity contribution >= 4 is 27.5 Å². The van der Waals surface area contributed by atoms with Gasteiger partial charge in [-0.25, -0.2) is 13.2 Å². The van der Waals surface area contributed by atoms with E-state index in [-0.39, 0.29) is 11.5 Å². The Hall–Kier alpha value is -2.54. The van der Waals surface area contributed by atoms with E-state index in [1.54, 1.807) is 19.1 Å². The molecule has 0 unspecified atom stereocenters. The van der Waals surface area contributed by atoms with Crippen molar-refractivity contribution in [1.82, 2.24) is 0 Å². The van der Waals surface area contributed by atoms with Gasteiger partial charge < -0.3 is 4.74 Å². The van der Waals surface area contributed by atoms with Gasteiger partial charge in [-0.2, -0.15) is 0 Å². The zero-order chi connectivity index (χ0) is 17.7. The molecular weight excluding hydrogens is 328 g/mol. The van der Waals surface area contributed by atoms with Crippen LogP contribution in [0.5, 0.6) is 0 Å². The lowest BCUT2D eigenvalue weighted by atomic mass is 10.1. The van der Waals surface area contributed by atoms with Crippen molar-refractivity contribution < 1.29 is 17.9 Å². The largest absolute Gasteiger partial charge is 0.450 e. The summed E-state index contributed by atoms with van der Waals surface area (Å²) in [6.07, 6.45) is -0.582. The van der Waals surface area contributed by atoms with Crippen molar-refractivity contribution in [2.24, 2.45) is 0 Å². The summed E-state index contributed by atoms with van der Waals surface area (Å²) in [5.74, 6) is 0. The number of carbonyl (C=O) groups excluding carboxylic acids is 1. The lowest BCUT2D eigenvalue weighted by molar-refractivity contribution is 0.168. The van der Waals surface area contributed by atoms with Crippen LogP contribution in [-0.4, -0.2) is 21.1 Å². The molecule has 0 aliphatic rings. The Bertz CT molecular complexity index is 810. The van der Waals surface area contributed by atoms with Crippen molar-refractivity contribution in [2.45, 2.75) is 25.7 Å². The van der Waals surface area contributed by atoms with Crippen LogP contribution in [0.2, 0.25) is 0 Å². The number of anilines is 2. The SMILES string of the molecule is CCOC(=O)Nc1ccc(S(=O)(=O)Nc2cc(C)cc(C)c2)cc1. The molecule has 0 aliphatic heterocycles. The van der Waals surface area contributed by atoms with Crippen LogP contribution in [0.1, 0.15) is 18.1 Å². The molecule has 0 aromatic heterocycles. The summed E-state index contributed by atoms with van der Waals surface area (Å²) >= 11 is 0. The number of nitrogens with one attached hydrogen (secondary N) is 2. The average Bonchev–Trinajstić information content (AvgIpc) is 2.46. The van der Waals surface area contributed by atoms with Crippen LogP contribution < -0.4 is 10.0 Å². The summed E-state index contributed by atoms with van der Waals surface area (Å²) in [4.78, 5) is 11.4. The average molecular weight is 348 g/mol. The Morgan fingerprint density at radius 2 is 1.58 bits per heavy atom. The molecule has 0 heterocycles. The molecule has 7 heteroatoms. The van der Waals surface area contributed by atoms with Crippen molar-refractivity contribution in [3.8, 4) is 0 Å². The van der Waals surface area contributed by atoms with E-state index in [1.807, 2.05) is 19.9 Å². The van der Waals surface area contributed by atoms with Gasteiger partial charge in [-0.1, -0.05) is 6.07 Å². The summed E-state index contributed by atoms with van der Waals surface area (Å²) in [6, 6.07) is 11.4. The van der Waals surface area contributed by atoms with Gasteiger partial charge in [0.15, 0.2) is 0 Å². The summed E-state index contributed by atoms with van der Waals surface area (Å²) in [7, 11) is -3.70. The highest BCUT2D eigenvalue weighted by atomic mass is 32.2. The molecule has 0 saturated heterocycles. The van der Waals surface area contributed by atoms with E-state index < -0.39 is 16.1 Å². The van der Waals surface area contributed by atoms with Gasteiger partial charge in [-0.3, -0.25) is 10.0 Å². The second-order valence-electron chi connectivity index (χ2n) is 5.35. The smallest absolute Gasteiger partial charge is 0.411 e. The quantitative estimate of drug-likeness (QED) is 0.863. The van der Waals surface area contributed by atoms with E-state index >= 15 is 0 Å². The number of aryl methyl sites for hydroxylation is 2. The predicted molar refractivity (Wildman–Crippen MR) is 93.8 cm³/mol. The van der Waals surface area contributed by atoms with Crippen molar-refractivity contribution in [2.75, 3.05) is 16.6 Å². The minimum atomic E-state index is -3.70. The van der Waals surface area contributed by atoms with Gasteiger partial charge in [0, 0.05) is 11.4 Å². The Labute approximate surface area is 141 Å². The van der Waals surface area contributed by atoms with Crippen molar-refractivity contribution in [3.63, 3.8) is 0 Å². The molecule has 2 aromatic rings. The fourth-order valence-corrected chi connectivity index (χ4v) is 3.29. The first kappa shape index (κ1) is 17.8. The third-order valence-corrected chi connectivity index (χ3v) is 4.56. The molecule has 0 radical (unpaired) electrons. The molecule has 0 fully saturated rings. The second-order valence-corrected chi connectivity index (χ2v) is 7.03. The third kappa shape index (κ3) is 4.73. The van der Waals surface area contributed by atoms with Gasteiger partial charge in [0.05, 0.1) is 11.5 Å². The first-order valence-corrected chi connectivity index (χ1v) is 8.93. The molecule has 2 rings (SSSR count). The highest BCUT2D eigenvalue weighted by molar-refractivity contribution is 7.92. The predicted octanol–water partition coefficient (Wildman–Crippen LogP) is 3.67. The number of benzene rings is 2. The summed E-state index contributed by atoms with van der Waals surface area (Å²) < 4.78 is 32.2. The van der Waals surface area contributed by atoms with E-state index in [0.29, 0.717) is 11.4 Å². The van der Waals surface area contributed by atoms with Crippen LogP contribution in [0.3, 0.4) is 0 Å². The Morgan fingerprint density at radius 1 is 1.00 bits per heavy atom. The summed E-state index contributed by atoms with van der Waals surface area (Å²) in [6.45, 7) is 5.77. The molecule has 0 bridgehead atoms. The maximum Gasteiger partial charge on any atom is 0.411 e. The molecule has 0 saturated carbocycles. The minimum absolute atomic E-state index is 0.107. The first-order valence-electron chi connectivity index (χ1n) is 7.45. The van der Waals surface area contributed by atoms with E-state index in [9.17, 15) is 13.2 Å². The molecule has 1 amide bonds. The Kier molecular flexibility index (Phi) is 5.46. The van der Waals surface area contributed by atoms with Crippen LogP contribution in [0, 0.1) is 13.8 Å². The van der Waals surface area contributed by atoms with E-state index in [2.05, 4.69) is 10.0 Å². The topological polar surface area (TPSA) is 84.5 Å². The van der Waals surface area contributed by atoms with Gasteiger partial charge in [0.2, 0.25) is 0 Å². The van der Waals surface area contributed by atoms with E-state index in [0.717, 1.165) is 11.1 Å². The van der Waals surface area contributed by atoms with Crippen LogP contribution in [0.25, 0.3) is 0 Å². The standard InChI is InChI=1S/C17H20N2O4S/c1-4-23-17(20)18-14-5-7-16(8-6-14)24(21,22)19-15-10-12(2)9-13(3)11-15/h5-11,19H,4H2,1-3H3,(H,18,20). The maximum absolute atomic E-state index is 12.4. The number of hydrogen-bond donors (Lipinski definition) is 2. The van der Waals surface area contributed by atoms with Crippen LogP contribution in [-0.2, 0) is 14.8 Å². The number of carbonyl (C=O) groups is 1. The Morgan fingerprint density at radius 3 is 2.12 bits per heavy atom. The monoisotopic (exact) mass is 348 g/mol. The van der Waals surface area contributed by atoms with Crippen molar-refractivity contribution in [3.05, 3.63) is 53.6 Å². The third-order valence-electron chi connectivity index (χ3n) is 3.16. The second kappa shape index (κ2) is 7.35. The summed E-state index contributed by atoms with van der Waals surface area (Å²) in [5.41, 5.74) is 2.92. The molecule has 0 spiro atoms. The van der Waals surface area contributed by atoms with Crippen molar-refractivity contribution in [1.29, 1.82) is 0 Å². The first-order chi connectivity index (χ1) is 11.3. The van der Waals surface area contributed by atoms with Gasteiger partial charge in [0.1, 0.15) is 0 Å². The lowest BCUT2D eigenvalue weighted by Gasteiger charge is -2.11. The summed E-state index contributed by atoms with van der Waals surface area (Å²) in [5, 5.41) is 2.51. The van der Waals surface area contributed by atoms with E-state index in [4.69, 9.17) is 4.74 Å². The Balaban J connectivity index is 2.16. The van der Waals surface area contributed by atoms with E-state index in [1.165, 1.54) is 24.3 Å². The fraction of sp³-hybridized carbons (Fsp3) is 0.235. The number of sulfonamides is 1. The number of rotatable bonds is 5. The molecule has 0 aliphatic carbocycles. The van der Waals surface area contributed by atoms with Crippen LogP contribution >= 0.6 is 0 Å². The maximum atomic E-state index is 12.4. The molecule has 2 aromatic carbocycles. The minimum Gasteiger partial charge on any atom is -0.450 e. The fourth-order valence-electron chi connectivity index (χ4n) is 2.25. The highest BCUT2D eigenvalue weighted by Crippen LogP contribution is 2.20. The van der Waals surface area contributed by atoms with Gasteiger partial charge in [-0.05, 0) is 68.3 Å². The number of hydrogen-bond acceptors (Lipinski definition) is 4. The molecule has 6 nitrogen and oxygen atoms in total. The number of amides is 1. The molecule has 128 valence electrons. The zero-order valence-corrected chi connectivity index (χ0v) is 14.6. The molecular formula is C17H20N2O4S. The van der Waals surface area contributed by atoms with Gasteiger partial charge in [-0.15, -0.1) is 0 Å². The number of ether oxygens (including phenoxy) is 1. The van der Waals surface area contributed by atoms with Gasteiger partial charge >= 0.3 is 6.09 Å². The normalized spacial score (nSPS) is 11.0. The lowest BCUT2D eigenvalue weighted by Crippen LogP contribution is -2.15. The molecule has 24 heavy (non-hydrogen) atoms. The van der Waals surface area contributed by atoms with Crippen LogP contribution in [0.4, 0.5) is 16.2 Å². The zero-order valence-electron chi connectivity index (χ0n) is 13.8. The van der Waals surface area contributed by atoms with Crippen LogP contribution in [0.15, 0.2) is 47.4 Å². The highest BCUT2D eigenvalue weighted by Gasteiger charge is 2.14. The molecule has 2 N–H and O–H groups in total.